The zero-order chi connectivity index (χ0) is 15.6. The van der Waals surface area contributed by atoms with Crippen molar-refractivity contribution in [1.82, 2.24) is 9.71 Å². The Bertz CT molecular complexity index is 726. The van der Waals surface area contributed by atoms with Crippen LogP contribution in [-0.2, 0) is 10.0 Å². The van der Waals surface area contributed by atoms with E-state index < -0.39 is 10.0 Å². The Balaban J connectivity index is 1.60. The first-order valence-electron chi connectivity index (χ1n) is 6.98. The van der Waals surface area contributed by atoms with Crippen LogP contribution in [0.3, 0.4) is 0 Å². The molecule has 0 aliphatic carbocycles. The van der Waals surface area contributed by atoms with Gasteiger partial charge in [0.1, 0.15) is 10.0 Å². The van der Waals surface area contributed by atoms with Crippen molar-refractivity contribution < 1.29 is 8.42 Å². The zero-order valence-corrected chi connectivity index (χ0v) is 14.2. The summed E-state index contributed by atoms with van der Waals surface area (Å²) in [5.74, 6) is 0.939. The number of sulfonamides is 1. The highest BCUT2D eigenvalue weighted by Gasteiger charge is 2.25. The Labute approximate surface area is 139 Å². The Morgan fingerprint density at radius 1 is 1.23 bits per heavy atom. The number of rotatable bonds is 4. The van der Waals surface area contributed by atoms with Gasteiger partial charge in [-0.25, -0.2) is 18.1 Å². The van der Waals surface area contributed by atoms with E-state index in [0.29, 0.717) is 4.34 Å². The van der Waals surface area contributed by atoms with Gasteiger partial charge in [0, 0.05) is 25.3 Å². The molecule has 2 aromatic rings. The fourth-order valence-electron chi connectivity index (χ4n) is 2.49. The van der Waals surface area contributed by atoms with E-state index in [4.69, 9.17) is 11.6 Å². The van der Waals surface area contributed by atoms with Crippen LogP contribution in [-0.4, -0.2) is 32.5 Å². The molecule has 2 aromatic heterocycles. The van der Waals surface area contributed by atoms with Crippen LogP contribution in [0.25, 0.3) is 0 Å². The number of hydrogen-bond donors (Lipinski definition) is 1. The van der Waals surface area contributed by atoms with Gasteiger partial charge in [-0.3, -0.25) is 0 Å². The topological polar surface area (TPSA) is 62.3 Å². The van der Waals surface area contributed by atoms with Crippen LogP contribution in [0.4, 0.5) is 5.82 Å². The molecule has 0 spiro atoms. The van der Waals surface area contributed by atoms with Crippen molar-refractivity contribution in [2.24, 2.45) is 0 Å². The van der Waals surface area contributed by atoms with Crippen molar-refractivity contribution in [1.29, 1.82) is 0 Å². The van der Waals surface area contributed by atoms with Crippen molar-refractivity contribution >= 4 is 38.8 Å². The van der Waals surface area contributed by atoms with E-state index in [0.717, 1.165) is 43.1 Å². The highest BCUT2D eigenvalue weighted by atomic mass is 35.5. The molecule has 0 aromatic carbocycles. The highest BCUT2D eigenvalue weighted by Crippen LogP contribution is 2.26. The molecule has 3 rings (SSSR count). The van der Waals surface area contributed by atoms with E-state index in [1.54, 1.807) is 18.3 Å². The molecule has 0 saturated carbocycles. The summed E-state index contributed by atoms with van der Waals surface area (Å²) < 4.78 is 28.1. The Kier molecular flexibility index (Phi) is 4.67. The van der Waals surface area contributed by atoms with Gasteiger partial charge in [-0.05, 0) is 37.1 Å². The SMILES string of the molecule is O=S(=O)(NC1CCN(c2ccccn2)CC1)c1ccc(Cl)s1. The van der Waals surface area contributed by atoms with Crippen LogP contribution in [0.2, 0.25) is 4.34 Å². The van der Waals surface area contributed by atoms with Gasteiger partial charge in [-0.1, -0.05) is 17.7 Å². The number of pyridine rings is 1. The summed E-state index contributed by atoms with van der Waals surface area (Å²) in [5.41, 5.74) is 0. The number of halogens is 1. The van der Waals surface area contributed by atoms with Crippen molar-refractivity contribution in [2.75, 3.05) is 18.0 Å². The summed E-state index contributed by atoms with van der Waals surface area (Å²) in [6.07, 6.45) is 3.29. The molecule has 1 N–H and O–H groups in total. The van der Waals surface area contributed by atoms with E-state index in [9.17, 15) is 8.42 Å². The second kappa shape index (κ2) is 6.54. The first-order chi connectivity index (χ1) is 10.5. The average Bonchev–Trinajstić information content (AvgIpc) is 2.96. The normalized spacial score (nSPS) is 16.9. The Hall–Kier alpha value is -1.15. The van der Waals surface area contributed by atoms with Gasteiger partial charge in [-0.2, -0.15) is 0 Å². The lowest BCUT2D eigenvalue weighted by molar-refractivity contribution is 0.459. The molecule has 118 valence electrons. The summed E-state index contributed by atoms with van der Waals surface area (Å²) in [7, 11) is -3.47. The minimum atomic E-state index is -3.47. The second-order valence-corrected chi connectivity index (χ2v) is 8.78. The molecule has 1 saturated heterocycles. The number of nitrogens with zero attached hydrogens (tertiary/aromatic N) is 2. The van der Waals surface area contributed by atoms with Crippen molar-refractivity contribution in [3.8, 4) is 0 Å². The molecule has 5 nitrogen and oxygen atoms in total. The van der Waals surface area contributed by atoms with Gasteiger partial charge in [0.05, 0.1) is 4.34 Å². The van der Waals surface area contributed by atoms with Gasteiger partial charge in [0.25, 0.3) is 0 Å². The lowest BCUT2D eigenvalue weighted by atomic mass is 10.1. The van der Waals surface area contributed by atoms with Crippen LogP contribution >= 0.6 is 22.9 Å². The standard InChI is InChI=1S/C14H16ClN3O2S2/c15-12-4-5-14(21-12)22(19,20)17-11-6-9-18(10-7-11)13-3-1-2-8-16-13/h1-5,8,11,17H,6-7,9-10H2. The van der Waals surface area contributed by atoms with Crippen LogP contribution in [0.1, 0.15) is 12.8 Å². The number of hydrogen-bond acceptors (Lipinski definition) is 5. The van der Waals surface area contributed by atoms with Crippen molar-refractivity contribution in [2.45, 2.75) is 23.1 Å². The molecule has 3 heterocycles. The van der Waals surface area contributed by atoms with Gasteiger partial charge in [0.15, 0.2) is 0 Å². The minimum Gasteiger partial charge on any atom is -0.357 e. The molecule has 1 aliphatic rings. The van der Waals surface area contributed by atoms with Gasteiger partial charge >= 0.3 is 0 Å². The highest BCUT2D eigenvalue weighted by molar-refractivity contribution is 7.91. The third kappa shape index (κ3) is 3.60. The number of anilines is 1. The molecule has 0 amide bonds. The Morgan fingerprint density at radius 3 is 2.59 bits per heavy atom. The van der Waals surface area contributed by atoms with Crippen LogP contribution in [0.5, 0.6) is 0 Å². The van der Waals surface area contributed by atoms with E-state index in [2.05, 4.69) is 14.6 Å². The van der Waals surface area contributed by atoms with Crippen LogP contribution in [0, 0.1) is 0 Å². The third-order valence-corrected chi connectivity index (χ3v) is 6.85. The number of piperidine rings is 1. The zero-order valence-electron chi connectivity index (χ0n) is 11.8. The summed E-state index contributed by atoms with van der Waals surface area (Å²) in [6, 6.07) is 8.90. The summed E-state index contributed by atoms with van der Waals surface area (Å²) in [4.78, 5) is 6.50. The van der Waals surface area contributed by atoms with Crippen LogP contribution in [0.15, 0.2) is 40.7 Å². The molecule has 1 fully saturated rings. The fraction of sp³-hybridized carbons (Fsp3) is 0.357. The maximum Gasteiger partial charge on any atom is 0.250 e. The molecule has 0 unspecified atom stereocenters. The Morgan fingerprint density at radius 2 is 2.00 bits per heavy atom. The van der Waals surface area contributed by atoms with E-state index in [1.165, 1.54) is 0 Å². The van der Waals surface area contributed by atoms with Gasteiger partial charge in [0.2, 0.25) is 10.0 Å². The van der Waals surface area contributed by atoms with Gasteiger partial charge in [-0.15, -0.1) is 11.3 Å². The third-order valence-electron chi connectivity index (χ3n) is 3.60. The predicted octanol–water partition coefficient (Wildman–Crippen LogP) is 2.74. The molecule has 0 radical (unpaired) electrons. The monoisotopic (exact) mass is 357 g/mol. The predicted molar refractivity (Wildman–Crippen MR) is 89.1 cm³/mol. The average molecular weight is 358 g/mol. The van der Waals surface area contributed by atoms with Crippen LogP contribution < -0.4 is 9.62 Å². The molecule has 22 heavy (non-hydrogen) atoms. The van der Waals surface area contributed by atoms with Crippen molar-refractivity contribution in [3.05, 3.63) is 40.9 Å². The molecule has 1 aliphatic heterocycles. The lowest BCUT2D eigenvalue weighted by Gasteiger charge is -2.32. The largest absolute Gasteiger partial charge is 0.357 e. The first-order valence-corrected chi connectivity index (χ1v) is 9.66. The molecule has 8 heteroatoms. The molecular weight excluding hydrogens is 342 g/mol. The number of nitrogens with one attached hydrogen (secondary N) is 1. The fourth-order valence-corrected chi connectivity index (χ4v) is 5.29. The van der Waals surface area contributed by atoms with E-state index >= 15 is 0 Å². The quantitative estimate of drug-likeness (QED) is 0.913. The maximum atomic E-state index is 12.3. The van der Waals surface area contributed by atoms with Gasteiger partial charge < -0.3 is 4.90 Å². The minimum absolute atomic E-state index is 0.0502. The summed E-state index contributed by atoms with van der Waals surface area (Å²) >= 11 is 6.88. The summed E-state index contributed by atoms with van der Waals surface area (Å²) in [6.45, 7) is 1.57. The summed E-state index contributed by atoms with van der Waals surface area (Å²) in [5, 5.41) is 0. The number of aromatic nitrogens is 1. The lowest BCUT2D eigenvalue weighted by Crippen LogP contribution is -2.44. The number of thiophene rings is 1. The van der Waals surface area contributed by atoms with E-state index in [1.807, 2.05) is 18.2 Å². The first kappa shape index (κ1) is 15.7. The molecular formula is C14H16ClN3O2S2. The maximum absolute atomic E-state index is 12.3. The molecule has 0 bridgehead atoms. The smallest absolute Gasteiger partial charge is 0.250 e. The van der Waals surface area contributed by atoms with Crippen molar-refractivity contribution in [3.63, 3.8) is 0 Å². The second-order valence-electron chi connectivity index (χ2n) is 5.13. The molecule has 0 atom stereocenters. The van der Waals surface area contributed by atoms with E-state index in [-0.39, 0.29) is 10.3 Å².